The van der Waals surface area contributed by atoms with Crippen molar-refractivity contribution in [1.29, 1.82) is 0 Å². The molecular weight excluding hydrogens is 362 g/mol. The minimum atomic E-state index is -3.40. The summed E-state index contributed by atoms with van der Waals surface area (Å²) >= 11 is 0. The van der Waals surface area contributed by atoms with Crippen molar-refractivity contribution in [3.05, 3.63) is 60.4 Å². The van der Waals surface area contributed by atoms with Gasteiger partial charge < -0.3 is 4.74 Å². The number of sulfonamides is 1. The highest BCUT2D eigenvalue weighted by Gasteiger charge is 2.45. The van der Waals surface area contributed by atoms with Crippen molar-refractivity contribution < 1.29 is 13.2 Å². The number of aromatic nitrogens is 1. The number of benzene rings is 1. The molecule has 2 atom stereocenters. The summed E-state index contributed by atoms with van der Waals surface area (Å²) in [5.41, 5.74) is 1.16. The second kappa shape index (κ2) is 7.67. The first-order valence-electron chi connectivity index (χ1n) is 9.35. The second-order valence-electron chi connectivity index (χ2n) is 7.15. The molecule has 2 aromatic rings. The van der Waals surface area contributed by atoms with Gasteiger partial charge in [-0.25, -0.2) is 8.42 Å². The third kappa shape index (κ3) is 3.52. The summed E-state index contributed by atoms with van der Waals surface area (Å²) in [5.74, 6) is 0. The van der Waals surface area contributed by atoms with E-state index < -0.39 is 10.0 Å². The zero-order valence-corrected chi connectivity index (χ0v) is 16.3. The first-order chi connectivity index (χ1) is 13.1. The molecular formula is C20H25N3O3S. The first-order valence-corrected chi connectivity index (χ1v) is 10.8. The molecule has 0 aliphatic carbocycles. The van der Waals surface area contributed by atoms with E-state index in [2.05, 4.69) is 16.0 Å². The molecule has 1 aromatic heterocycles. The van der Waals surface area contributed by atoms with E-state index in [0.717, 1.165) is 24.9 Å². The lowest BCUT2D eigenvalue weighted by atomic mass is 9.88. The van der Waals surface area contributed by atoms with Gasteiger partial charge in [-0.05, 0) is 36.6 Å². The van der Waals surface area contributed by atoms with Gasteiger partial charge in [-0.15, -0.1) is 0 Å². The van der Waals surface area contributed by atoms with Gasteiger partial charge in [0.2, 0.25) is 10.0 Å². The normalized spacial score (nSPS) is 25.2. The van der Waals surface area contributed by atoms with Crippen LogP contribution in [-0.2, 0) is 14.8 Å². The Balaban J connectivity index is 1.44. The zero-order valence-electron chi connectivity index (χ0n) is 15.4. The topological polar surface area (TPSA) is 62.7 Å². The predicted molar refractivity (Wildman–Crippen MR) is 103 cm³/mol. The predicted octanol–water partition coefficient (Wildman–Crippen LogP) is 2.31. The highest BCUT2D eigenvalue weighted by atomic mass is 32.2. The van der Waals surface area contributed by atoms with Gasteiger partial charge in [0.05, 0.1) is 17.0 Å². The van der Waals surface area contributed by atoms with Crippen LogP contribution in [0.5, 0.6) is 0 Å². The molecule has 0 radical (unpaired) electrons. The SMILES string of the molecule is CO[C@H]1CN(C2CCN(S(=O)(=O)c3ccccc3)CC2)[C@H]1c1cccnc1. The number of hydrogen-bond donors (Lipinski definition) is 0. The second-order valence-corrected chi connectivity index (χ2v) is 9.09. The summed E-state index contributed by atoms with van der Waals surface area (Å²) in [6.07, 6.45) is 5.51. The summed E-state index contributed by atoms with van der Waals surface area (Å²) in [4.78, 5) is 7.06. The monoisotopic (exact) mass is 387 g/mol. The quantitative estimate of drug-likeness (QED) is 0.788. The smallest absolute Gasteiger partial charge is 0.243 e. The van der Waals surface area contributed by atoms with Crippen LogP contribution in [-0.4, -0.2) is 61.5 Å². The number of ether oxygens (including phenoxy) is 1. The molecule has 2 aliphatic rings. The molecule has 0 amide bonds. The summed E-state index contributed by atoms with van der Waals surface area (Å²) in [5, 5.41) is 0. The maximum atomic E-state index is 12.8. The van der Waals surface area contributed by atoms with E-state index in [1.165, 1.54) is 0 Å². The number of rotatable bonds is 5. The van der Waals surface area contributed by atoms with Crippen molar-refractivity contribution >= 4 is 10.0 Å². The van der Waals surface area contributed by atoms with Gasteiger partial charge >= 0.3 is 0 Å². The van der Waals surface area contributed by atoms with E-state index in [9.17, 15) is 8.42 Å². The van der Waals surface area contributed by atoms with Crippen LogP contribution in [0.25, 0.3) is 0 Å². The van der Waals surface area contributed by atoms with Crippen molar-refractivity contribution in [2.45, 2.75) is 35.9 Å². The largest absolute Gasteiger partial charge is 0.378 e. The Morgan fingerprint density at radius 1 is 1.07 bits per heavy atom. The van der Waals surface area contributed by atoms with Crippen LogP contribution in [0, 0.1) is 0 Å². The van der Waals surface area contributed by atoms with Crippen molar-refractivity contribution in [3.8, 4) is 0 Å². The van der Waals surface area contributed by atoms with E-state index >= 15 is 0 Å². The maximum absolute atomic E-state index is 12.8. The Hall–Kier alpha value is -1.80. The van der Waals surface area contributed by atoms with Gasteiger partial charge in [-0.3, -0.25) is 9.88 Å². The Kier molecular flexibility index (Phi) is 5.27. The third-order valence-electron chi connectivity index (χ3n) is 5.70. The summed E-state index contributed by atoms with van der Waals surface area (Å²) < 4.78 is 32.9. The molecule has 0 spiro atoms. The van der Waals surface area contributed by atoms with Gasteiger partial charge in [0.25, 0.3) is 0 Å². The highest BCUT2D eigenvalue weighted by molar-refractivity contribution is 7.89. The van der Waals surface area contributed by atoms with Gasteiger partial charge in [0.15, 0.2) is 0 Å². The van der Waals surface area contributed by atoms with Crippen molar-refractivity contribution in [1.82, 2.24) is 14.2 Å². The number of pyridine rings is 1. The van der Waals surface area contributed by atoms with E-state index in [1.807, 2.05) is 18.3 Å². The molecule has 2 saturated heterocycles. The fourth-order valence-electron chi connectivity index (χ4n) is 4.19. The van der Waals surface area contributed by atoms with Crippen LogP contribution >= 0.6 is 0 Å². The lowest BCUT2D eigenvalue weighted by molar-refractivity contribution is -0.114. The molecule has 0 N–H and O–H groups in total. The van der Waals surface area contributed by atoms with Gasteiger partial charge in [-0.1, -0.05) is 24.3 Å². The van der Waals surface area contributed by atoms with Crippen molar-refractivity contribution in [3.63, 3.8) is 0 Å². The molecule has 144 valence electrons. The molecule has 1 aromatic carbocycles. The number of likely N-dealkylation sites (tertiary alicyclic amines) is 1. The third-order valence-corrected chi connectivity index (χ3v) is 7.62. The van der Waals surface area contributed by atoms with Gasteiger partial charge in [0.1, 0.15) is 0 Å². The minimum Gasteiger partial charge on any atom is -0.378 e. The molecule has 4 rings (SSSR count). The molecule has 0 bridgehead atoms. The van der Waals surface area contributed by atoms with E-state index in [1.54, 1.807) is 41.9 Å². The molecule has 7 heteroatoms. The van der Waals surface area contributed by atoms with Gasteiger partial charge in [-0.2, -0.15) is 4.31 Å². The molecule has 2 aliphatic heterocycles. The van der Waals surface area contributed by atoms with Crippen LogP contribution in [0.3, 0.4) is 0 Å². The van der Waals surface area contributed by atoms with Gasteiger partial charge in [0, 0.05) is 45.2 Å². The standard InChI is InChI=1S/C20H25N3O3S/c1-26-19-15-23(20(19)16-6-5-11-21-14-16)17-9-12-22(13-10-17)27(24,25)18-7-3-2-4-8-18/h2-8,11,14,17,19-20H,9-10,12-13,15H2,1H3/t19-,20-/m0/s1. The minimum absolute atomic E-state index is 0.167. The average Bonchev–Trinajstić information content (AvgIpc) is 2.69. The lowest BCUT2D eigenvalue weighted by Gasteiger charge is -2.52. The summed E-state index contributed by atoms with van der Waals surface area (Å²) in [6, 6.07) is 13.3. The molecule has 2 fully saturated rings. The average molecular weight is 388 g/mol. The van der Waals surface area contributed by atoms with Crippen LogP contribution in [0.4, 0.5) is 0 Å². The highest BCUT2D eigenvalue weighted by Crippen LogP contribution is 2.39. The van der Waals surface area contributed by atoms with Crippen LogP contribution in [0.1, 0.15) is 24.4 Å². The summed E-state index contributed by atoms with van der Waals surface area (Å²) in [6.45, 7) is 1.98. The van der Waals surface area contributed by atoms with E-state index in [4.69, 9.17) is 4.74 Å². The fraction of sp³-hybridized carbons (Fsp3) is 0.450. The van der Waals surface area contributed by atoms with Crippen LogP contribution < -0.4 is 0 Å². The van der Waals surface area contributed by atoms with Crippen LogP contribution in [0.15, 0.2) is 59.8 Å². The molecule has 0 unspecified atom stereocenters. The number of piperidine rings is 1. The summed E-state index contributed by atoms with van der Waals surface area (Å²) in [7, 11) is -1.65. The number of hydrogen-bond acceptors (Lipinski definition) is 5. The number of methoxy groups -OCH3 is 1. The van der Waals surface area contributed by atoms with Crippen molar-refractivity contribution in [2.75, 3.05) is 26.7 Å². The fourth-order valence-corrected chi connectivity index (χ4v) is 5.68. The Morgan fingerprint density at radius 3 is 2.44 bits per heavy atom. The molecule has 6 nitrogen and oxygen atoms in total. The van der Waals surface area contributed by atoms with Crippen molar-refractivity contribution in [2.24, 2.45) is 0 Å². The Morgan fingerprint density at radius 2 is 1.81 bits per heavy atom. The molecule has 3 heterocycles. The zero-order chi connectivity index (χ0) is 18.9. The van der Waals surface area contributed by atoms with E-state index in [0.29, 0.717) is 24.0 Å². The van der Waals surface area contributed by atoms with E-state index in [-0.39, 0.29) is 12.1 Å². The number of nitrogens with zero attached hydrogens (tertiary/aromatic N) is 3. The molecule has 27 heavy (non-hydrogen) atoms. The Labute approximate surface area is 160 Å². The maximum Gasteiger partial charge on any atom is 0.243 e. The molecule has 0 saturated carbocycles. The van der Waals surface area contributed by atoms with Crippen LogP contribution in [0.2, 0.25) is 0 Å². The lowest BCUT2D eigenvalue weighted by Crippen LogP contribution is -2.60. The first kappa shape index (κ1) is 18.6. The Bertz CT molecular complexity index is 853.